The zero-order valence-corrected chi connectivity index (χ0v) is 15.3. The fourth-order valence-electron chi connectivity index (χ4n) is 3.02. The van der Waals surface area contributed by atoms with E-state index >= 15 is 0 Å². The van der Waals surface area contributed by atoms with Crippen molar-refractivity contribution < 1.29 is 19.4 Å². The molecule has 0 atom stereocenters. The summed E-state index contributed by atoms with van der Waals surface area (Å²) in [6.45, 7) is 2.18. The van der Waals surface area contributed by atoms with Crippen LogP contribution in [0.1, 0.15) is 20.9 Å². The van der Waals surface area contributed by atoms with Crippen molar-refractivity contribution >= 4 is 28.9 Å². The molecule has 0 unspecified atom stereocenters. The lowest BCUT2D eigenvalue weighted by Crippen LogP contribution is -2.38. The number of aromatic nitrogens is 1. The average Bonchev–Trinajstić information content (AvgIpc) is 3.10. The second-order valence-electron chi connectivity index (χ2n) is 6.21. The zero-order chi connectivity index (χ0) is 19.0. The Kier molecular flexibility index (Phi) is 4.37. The van der Waals surface area contributed by atoms with Crippen LogP contribution in [0, 0.1) is 6.92 Å². The zero-order valence-electron chi connectivity index (χ0n) is 14.5. The Balaban J connectivity index is 1.71. The van der Waals surface area contributed by atoms with Crippen LogP contribution in [-0.4, -0.2) is 28.6 Å². The number of amides is 1. The summed E-state index contributed by atoms with van der Waals surface area (Å²) in [4.78, 5) is 29.8. The van der Waals surface area contributed by atoms with Gasteiger partial charge in [-0.1, -0.05) is 12.1 Å². The third kappa shape index (κ3) is 3.41. The van der Waals surface area contributed by atoms with E-state index in [-0.39, 0.29) is 24.6 Å². The van der Waals surface area contributed by atoms with Crippen LogP contribution in [0.4, 0.5) is 5.69 Å². The summed E-state index contributed by atoms with van der Waals surface area (Å²) in [5, 5.41) is 12.1. The molecule has 0 saturated carbocycles. The first-order valence-corrected chi connectivity index (χ1v) is 9.21. The van der Waals surface area contributed by atoms with Crippen molar-refractivity contribution in [1.82, 2.24) is 4.98 Å². The molecule has 7 heteroatoms. The number of carboxylic acids is 1. The molecule has 1 N–H and O–H groups in total. The Morgan fingerprint density at radius 1 is 1.30 bits per heavy atom. The van der Waals surface area contributed by atoms with E-state index in [9.17, 15) is 14.7 Å². The molecule has 2 aromatic carbocycles. The summed E-state index contributed by atoms with van der Waals surface area (Å²) in [5.74, 6) is -0.540. The Morgan fingerprint density at radius 2 is 2.15 bits per heavy atom. The first kappa shape index (κ1) is 17.2. The highest BCUT2D eigenvalue weighted by Crippen LogP contribution is 2.37. The van der Waals surface area contributed by atoms with Crippen LogP contribution in [0.25, 0.3) is 11.3 Å². The summed E-state index contributed by atoms with van der Waals surface area (Å²) >= 11 is 1.57. The van der Waals surface area contributed by atoms with E-state index in [0.717, 1.165) is 21.8 Å². The molecule has 1 aliphatic rings. The molecule has 136 valence electrons. The summed E-state index contributed by atoms with van der Waals surface area (Å²) < 4.78 is 5.56. The summed E-state index contributed by atoms with van der Waals surface area (Å²) in [5.41, 5.74) is 3.35. The van der Waals surface area contributed by atoms with Crippen molar-refractivity contribution in [2.75, 3.05) is 11.5 Å². The molecule has 0 radical (unpaired) electrons. The molecule has 1 aromatic heterocycles. The molecule has 3 aromatic rings. The molecule has 0 saturated heterocycles. The number of anilines is 1. The highest BCUT2D eigenvalue weighted by Gasteiger charge is 2.26. The molecule has 0 fully saturated rings. The van der Waals surface area contributed by atoms with Crippen molar-refractivity contribution in [1.29, 1.82) is 0 Å². The third-order valence-corrected chi connectivity index (χ3v) is 5.10. The lowest BCUT2D eigenvalue weighted by atomic mass is 10.1. The smallest absolute Gasteiger partial charge is 0.335 e. The van der Waals surface area contributed by atoms with Gasteiger partial charge in [-0.25, -0.2) is 9.78 Å². The van der Waals surface area contributed by atoms with E-state index in [0.29, 0.717) is 11.4 Å². The maximum atomic E-state index is 12.5. The number of thiazole rings is 1. The maximum absolute atomic E-state index is 12.5. The van der Waals surface area contributed by atoms with Crippen LogP contribution in [0.15, 0.2) is 47.8 Å². The van der Waals surface area contributed by atoms with Gasteiger partial charge in [-0.3, -0.25) is 4.79 Å². The maximum Gasteiger partial charge on any atom is 0.335 e. The predicted molar refractivity (Wildman–Crippen MR) is 102 cm³/mol. The number of aromatic carboxylic acids is 1. The minimum atomic E-state index is -0.994. The normalized spacial score (nSPS) is 13.2. The highest BCUT2D eigenvalue weighted by atomic mass is 32.1. The predicted octanol–water partition coefficient (Wildman–Crippen LogP) is 3.74. The molecule has 4 rings (SSSR count). The minimum Gasteiger partial charge on any atom is -0.482 e. The van der Waals surface area contributed by atoms with Crippen LogP contribution in [-0.2, 0) is 11.3 Å². The molecular weight excluding hydrogens is 364 g/mol. The van der Waals surface area contributed by atoms with E-state index < -0.39 is 5.97 Å². The fourth-order valence-corrected chi connectivity index (χ4v) is 3.64. The Bertz CT molecular complexity index is 1040. The Hall–Kier alpha value is -3.19. The van der Waals surface area contributed by atoms with Crippen molar-refractivity contribution in [3.63, 3.8) is 0 Å². The third-order valence-electron chi connectivity index (χ3n) is 4.33. The monoisotopic (exact) mass is 380 g/mol. The molecule has 6 nitrogen and oxygen atoms in total. The van der Waals surface area contributed by atoms with Gasteiger partial charge in [0.2, 0.25) is 0 Å². The highest BCUT2D eigenvalue weighted by molar-refractivity contribution is 7.09. The SMILES string of the molecule is Cc1nc(-c2ccc3c(c2)N(Cc2cccc(C(=O)O)c2)C(=O)CO3)cs1. The number of hydrogen-bond acceptors (Lipinski definition) is 5. The van der Waals surface area contributed by atoms with E-state index in [1.54, 1.807) is 28.4 Å². The number of rotatable bonds is 4. The first-order chi connectivity index (χ1) is 13.0. The molecule has 27 heavy (non-hydrogen) atoms. The molecule has 1 amide bonds. The van der Waals surface area contributed by atoms with Crippen molar-refractivity contribution in [3.05, 3.63) is 64.0 Å². The molecule has 2 heterocycles. The molecule has 0 spiro atoms. The van der Waals surface area contributed by atoms with E-state index in [4.69, 9.17) is 4.74 Å². The summed E-state index contributed by atoms with van der Waals surface area (Å²) in [6.07, 6.45) is 0. The number of carbonyl (C=O) groups excluding carboxylic acids is 1. The van der Waals surface area contributed by atoms with Gasteiger partial charge in [0.15, 0.2) is 6.61 Å². The van der Waals surface area contributed by atoms with Gasteiger partial charge < -0.3 is 14.7 Å². The van der Waals surface area contributed by atoms with Crippen LogP contribution in [0.5, 0.6) is 5.75 Å². The van der Waals surface area contributed by atoms with Crippen molar-refractivity contribution in [3.8, 4) is 17.0 Å². The average molecular weight is 380 g/mol. The summed E-state index contributed by atoms with van der Waals surface area (Å²) in [6, 6.07) is 12.3. The molecule has 0 aliphatic carbocycles. The Labute approximate surface area is 159 Å². The van der Waals surface area contributed by atoms with Crippen LogP contribution in [0.2, 0.25) is 0 Å². The number of carboxylic acid groups (broad SMARTS) is 1. The van der Waals surface area contributed by atoms with Crippen LogP contribution >= 0.6 is 11.3 Å². The molecular formula is C20H16N2O4S. The van der Waals surface area contributed by atoms with Gasteiger partial charge in [0.1, 0.15) is 5.75 Å². The van der Waals surface area contributed by atoms with E-state index in [1.165, 1.54) is 6.07 Å². The van der Waals surface area contributed by atoms with E-state index in [2.05, 4.69) is 4.98 Å². The van der Waals surface area contributed by atoms with Gasteiger partial charge in [-0.2, -0.15) is 0 Å². The molecule has 1 aliphatic heterocycles. The number of carbonyl (C=O) groups is 2. The number of hydrogen-bond donors (Lipinski definition) is 1. The lowest BCUT2D eigenvalue weighted by molar-refractivity contribution is -0.121. The molecule has 0 bridgehead atoms. The second-order valence-corrected chi connectivity index (χ2v) is 7.27. The van der Waals surface area contributed by atoms with Gasteiger partial charge in [-0.15, -0.1) is 11.3 Å². The number of fused-ring (bicyclic) bond motifs is 1. The fraction of sp³-hybridized carbons (Fsp3) is 0.150. The van der Waals surface area contributed by atoms with Gasteiger partial charge in [0.25, 0.3) is 5.91 Å². The van der Waals surface area contributed by atoms with Crippen LogP contribution < -0.4 is 9.64 Å². The number of nitrogens with zero attached hydrogens (tertiary/aromatic N) is 2. The lowest BCUT2D eigenvalue weighted by Gasteiger charge is -2.30. The van der Waals surface area contributed by atoms with Crippen molar-refractivity contribution in [2.45, 2.75) is 13.5 Å². The number of benzene rings is 2. The van der Waals surface area contributed by atoms with E-state index in [1.807, 2.05) is 36.6 Å². The van der Waals surface area contributed by atoms with Gasteiger partial charge in [-0.05, 0) is 42.8 Å². The first-order valence-electron chi connectivity index (χ1n) is 8.33. The topological polar surface area (TPSA) is 79.7 Å². The van der Waals surface area contributed by atoms with Gasteiger partial charge in [0.05, 0.1) is 28.5 Å². The minimum absolute atomic E-state index is 0.0409. The van der Waals surface area contributed by atoms with Gasteiger partial charge >= 0.3 is 5.97 Å². The Morgan fingerprint density at radius 3 is 2.89 bits per heavy atom. The van der Waals surface area contributed by atoms with Gasteiger partial charge in [0, 0.05) is 10.9 Å². The second kappa shape index (κ2) is 6.85. The number of aryl methyl sites for hydroxylation is 1. The quantitative estimate of drug-likeness (QED) is 0.746. The number of ether oxygens (including phenoxy) is 1. The standard InChI is InChI=1S/C20H16N2O4S/c1-12-21-16(11-27-12)14-5-6-18-17(8-14)22(19(23)10-26-18)9-13-3-2-4-15(7-13)20(24)25/h2-8,11H,9-10H2,1H3,(H,24,25). The van der Waals surface area contributed by atoms with Crippen molar-refractivity contribution in [2.24, 2.45) is 0 Å². The summed E-state index contributed by atoms with van der Waals surface area (Å²) in [7, 11) is 0. The largest absolute Gasteiger partial charge is 0.482 e. The van der Waals surface area contributed by atoms with Crippen LogP contribution in [0.3, 0.4) is 0 Å².